The van der Waals surface area contributed by atoms with Crippen LogP contribution in [0.15, 0.2) is 66.7 Å². The van der Waals surface area contributed by atoms with Crippen LogP contribution in [0.5, 0.6) is 5.75 Å². The van der Waals surface area contributed by atoms with E-state index in [1.807, 2.05) is 6.07 Å². The molecule has 1 amide bonds. The van der Waals surface area contributed by atoms with Crippen LogP contribution in [0.3, 0.4) is 0 Å². The van der Waals surface area contributed by atoms with Crippen LogP contribution < -0.4 is 5.32 Å². The van der Waals surface area contributed by atoms with Gasteiger partial charge in [0, 0.05) is 5.69 Å². The van der Waals surface area contributed by atoms with Gasteiger partial charge in [0.1, 0.15) is 5.75 Å². The third-order valence-corrected chi connectivity index (χ3v) is 4.38. The van der Waals surface area contributed by atoms with Crippen LogP contribution in [-0.4, -0.2) is 11.0 Å². The molecule has 0 heterocycles. The molecule has 0 fully saturated rings. The van der Waals surface area contributed by atoms with Crippen LogP contribution in [0.25, 0.3) is 11.1 Å². The van der Waals surface area contributed by atoms with Crippen molar-refractivity contribution in [1.29, 1.82) is 0 Å². The fourth-order valence-corrected chi connectivity index (χ4v) is 3.23. The molecule has 3 heteroatoms. The second-order valence-corrected chi connectivity index (χ2v) is 6.10. The Hall–Kier alpha value is -3.07. The second-order valence-electron chi connectivity index (χ2n) is 6.10. The quantitative estimate of drug-likeness (QED) is 0.597. The lowest BCUT2D eigenvalue weighted by molar-refractivity contribution is -0.115. The van der Waals surface area contributed by atoms with E-state index in [-0.39, 0.29) is 18.1 Å². The summed E-state index contributed by atoms with van der Waals surface area (Å²) in [6.07, 6.45) is 1.20. The number of amides is 1. The molecule has 0 spiro atoms. The Bertz CT molecular complexity index is 913. The zero-order valence-corrected chi connectivity index (χ0v) is 13.1. The average molecular weight is 315 g/mol. The Balaban J connectivity index is 1.49. The number of anilines is 1. The van der Waals surface area contributed by atoms with Crippen molar-refractivity contribution >= 4 is 11.6 Å². The van der Waals surface area contributed by atoms with E-state index >= 15 is 0 Å². The van der Waals surface area contributed by atoms with Crippen molar-refractivity contribution in [1.82, 2.24) is 0 Å². The summed E-state index contributed by atoms with van der Waals surface area (Å²) in [6, 6.07) is 21.2. The second kappa shape index (κ2) is 5.85. The topological polar surface area (TPSA) is 49.3 Å². The standard InChI is InChI=1S/C21H17NO2/c23-18-8-5-14(6-9-18)11-21(24)22-17-7-10-20-16(13-17)12-15-3-1-2-4-19(15)20/h1-10,13,23H,11-12H2,(H,22,24). The monoisotopic (exact) mass is 315 g/mol. The van der Waals surface area contributed by atoms with E-state index in [4.69, 9.17) is 0 Å². The van der Waals surface area contributed by atoms with Crippen molar-refractivity contribution in [2.45, 2.75) is 12.8 Å². The molecule has 1 aliphatic carbocycles. The molecule has 0 unspecified atom stereocenters. The number of rotatable bonds is 3. The molecule has 1 aliphatic rings. The number of fused-ring (bicyclic) bond motifs is 3. The Morgan fingerprint density at radius 3 is 2.50 bits per heavy atom. The molecule has 0 atom stereocenters. The van der Waals surface area contributed by atoms with Crippen LogP contribution in [0.2, 0.25) is 0 Å². The fraction of sp³-hybridized carbons (Fsp3) is 0.0952. The van der Waals surface area contributed by atoms with Gasteiger partial charge in [-0.1, -0.05) is 42.5 Å². The summed E-state index contributed by atoms with van der Waals surface area (Å²) in [5.74, 6) is 0.147. The first-order valence-electron chi connectivity index (χ1n) is 7.98. The summed E-state index contributed by atoms with van der Waals surface area (Å²) in [7, 11) is 0. The van der Waals surface area contributed by atoms with Crippen LogP contribution in [0, 0.1) is 0 Å². The van der Waals surface area contributed by atoms with Crippen molar-refractivity contribution in [2.75, 3.05) is 5.32 Å². The Morgan fingerprint density at radius 1 is 0.917 bits per heavy atom. The summed E-state index contributed by atoms with van der Waals surface area (Å²) in [4.78, 5) is 12.2. The van der Waals surface area contributed by atoms with Gasteiger partial charge in [0.25, 0.3) is 0 Å². The highest BCUT2D eigenvalue weighted by molar-refractivity contribution is 5.93. The maximum absolute atomic E-state index is 12.2. The molecule has 3 nitrogen and oxygen atoms in total. The van der Waals surface area contributed by atoms with Gasteiger partial charge in [-0.25, -0.2) is 0 Å². The van der Waals surface area contributed by atoms with Crippen molar-refractivity contribution in [3.63, 3.8) is 0 Å². The summed E-state index contributed by atoms with van der Waals surface area (Å²) < 4.78 is 0. The number of nitrogens with one attached hydrogen (secondary N) is 1. The van der Waals surface area contributed by atoms with E-state index < -0.39 is 0 Å². The van der Waals surface area contributed by atoms with Gasteiger partial charge in [0.05, 0.1) is 6.42 Å². The van der Waals surface area contributed by atoms with E-state index in [0.717, 1.165) is 17.7 Å². The number of carbonyl (C=O) groups excluding carboxylic acids is 1. The van der Waals surface area contributed by atoms with Gasteiger partial charge in [0.2, 0.25) is 5.91 Å². The molecule has 0 aliphatic heterocycles. The lowest BCUT2D eigenvalue weighted by atomic mass is 10.1. The SMILES string of the molecule is O=C(Cc1ccc(O)cc1)Nc1ccc2c(c1)Cc1ccccc1-2. The van der Waals surface area contributed by atoms with Crippen molar-refractivity contribution in [3.8, 4) is 16.9 Å². The summed E-state index contributed by atoms with van der Waals surface area (Å²) >= 11 is 0. The van der Waals surface area contributed by atoms with Gasteiger partial charge in [-0.15, -0.1) is 0 Å². The summed E-state index contributed by atoms with van der Waals surface area (Å²) in [5.41, 5.74) is 6.82. The van der Waals surface area contributed by atoms with E-state index in [9.17, 15) is 9.90 Å². The zero-order chi connectivity index (χ0) is 16.5. The largest absolute Gasteiger partial charge is 0.508 e. The molecule has 0 radical (unpaired) electrons. The number of benzene rings is 3. The molecule has 4 rings (SSSR count). The third kappa shape index (κ3) is 2.76. The van der Waals surface area contributed by atoms with Crippen LogP contribution in [0.1, 0.15) is 16.7 Å². The first-order valence-corrected chi connectivity index (χ1v) is 7.98. The van der Waals surface area contributed by atoms with Crippen LogP contribution >= 0.6 is 0 Å². The van der Waals surface area contributed by atoms with Gasteiger partial charge in [-0.2, -0.15) is 0 Å². The molecule has 2 N–H and O–H groups in total. The van der Waals surface area contributed by atoms with E-state index in [0.29, 0.717) is 0 Å². The van der Waals surface area contributed by atoms with Crippen molar-refractivity contribution in [3.05, 3.63) is 83.4 Å². The normalized spacial score (nSPS) is 11.7. The average Bonchev–Trinajstić information content (AvgIpc) is 2.94. The molecular formula is C21H17NO2. The minimum absolute atomic E-state index is 0.0591. The van der Waals surface area contributed by atoms with Gasteiger partial charge >= 0.3 is 0 Å². The maximum Gasteiger partial charge on any atom is 0.228 e. The number of hydrogen-bond donors (Lipinski definition) is 2. The van der Waals surface area contributed by atoms with E-state index in [2.05, 4.69) is 41.7 Å². The number of phenols is 1. The maximum atomic E-state index is 12.2. The first kappa shape index (κ1) is 14.5. The minimum Gasteiger partial charge on any atom is -0.508 e. The molecule has 24 heavy (non-hydrogen) atoms. The highest BCUT2D eigenvalue weighted by atomic mass is 16.3. The minimum atomic E-state index is -0.0591. The van der Waals surface area contributed by atoms with E-state index in [1.165, 1.54) is 22.3 Å². The summed E-state index contributed by atoms with van der Waals surface area (Å²) in [5, 5.41) is 12.2. The van der Waals surface area contributed by atoms with Crippen molar-refractivity contribution in [2.24, 2.45) is 0 Å². The lowest BCUT2D eigenvalue weighted by Crippen LogP contribution is -2.14. The van der Waals surface area contributed by atoms with E-state index in [1.54, 1.807) is 24.3 Å². The highest BCUT2D eigenvalue weighted by Crippen LogP contribution is 2.37. The van der Waals surface area contributed by atoms with Gasteiger partial charge in [0.15, 0.2) is 0 Å². The molecule has 3 aromatic carbocycles. The summed E-state index contributed by atoms with van der Waals surface area (Å²) in [6.45, 7) is 0. The van der Waals surface area contributed by atoms with Crippen LogP contribution in [-0.2, 0) is 17.6 Å². The zero-order valence-electron chi connectivity index (χ0n) is 13.1. The molecular weight excluding hydrogens is 298 g/mol. The first-order chi connectivity index (χ1) is 11.7. The Kier molecular flexibility index (Phi) is 3.54. The lowest BCUT2D eigenvalue weighted by Gasteiger charge is -2.08. The molecule has 0 bridgehead atoms. The van der Waals surface area contributed by atoms with Gasteiger partial charge in [-0.05, 0) is 58.5 Å². The van der Waals surface area contributed by atoms with Crippen molar-refractivity contribution < 1.29 is 9.90 Å². The number of carbonyl (C=O) groups is 1. The number of aromatic hydroxyl groups is 1. The predicted octanol–water partition coefficient (Wildman–Crippen LogP) is 4.14. The number of phenolic OH excluding ortho intramolecular Hbond substituents is 1. The Morgan fingerprint density at radius 2 is 1.67 bits per heavy atom. The Labute approximate surface area is 140 Å². The smallest absolute Gasteiger partial charge is 0.228 e. The molecule has 0 saturated heterocycles. The molecule has 118 valence electrons. The van der Waals surface area contributed by atoms with Crippen LogP contribution in [0.4, 0.5) is 5.69 Å². The number of hydrogen-bond acceptors (Lipinski definition) is 2. The van der Waals surface area contributed by atoms with Gasteiger partial charge in [-0.3, -0.25) is 4.79 Å². The predicted molar refractivity (Wildman–Crippen MR) is 95.1 cm³/mol. The molecule has 0 aromatic heterocycles. The highest BCUT2D eigenvalue weighted by Gasteiger charge is 2.18. The fourth-order valence-electron chi connectivity index (χ4n) is 3.23. The molecule has 0 saturated carbocycles. The third-order valence-electron chi connectivity index (χ3n) is 4.38. The molecule has 3 aromatic rings. The van der Waals surface area contributed by atoms with Gasteiger partial charge < -0.3 is 10.4 Å².